The first-order valence-corrected chi connectivity index (χ1v) is 35.3. The van der Waals surface area contributed by atoms with E-state index in [1.54, 1.807) is 11.3 Å². The molecule has 0 aliphatic carbocycles. The maximum atomic E-state index is 6.66. The van der Waals surface area contributed by atoms with Crippen molar-refractivity contribution in [2.45, 2.75) is 165 Å². The van der Waals surface area contributed by atoms with Crippen LogP contribution in [0.1, 0.15) is 163 Å². The highest BCUT2D eigenvalue weighted by molar-refractivity contribution is 7.25. The van der Waals surface area contributed by atoms with Crippen molar-refractivity contribution in [1.29, 1.82) is 0 Å². The highest BCUT2D eigenvalue weighted by atomic mass is 35.5. The van der Waals surface area contributed by atoms with Gasteiger partial charge in [0.1, 0.15) is 65.9 Å². The van der Waals surface area contributed by atoms with Gasteiger partial charge in [-0.3, -0.25) is 0 Å². The second-order valence-electron chi connectivity index (χ2n) is 22.7. The lowest BCUT2D eigenvalue weighted by Gasteiger charge is -2.32. The highest BCUT2D eigenvalue weighted by Crippen LogP contribution is 2.59. The molecule has 0 amide bonds. The molecule has 82 heavy (non-hydrogen) atoms. The van der Waals surface area contributed by atoms with Crippen molar-refractivity contribution in [3.05, 3.63) is 28.6 Å². The van der Waals surface area contributed by atoms with Gasteiger partial charge in [-0.05, 0) is 56.3 Å². The van der Waals surface area contributed by atoms with Gasteiger partial charge in [0.2, 0.25) is 0 Å². The predicted molar refractivity (Wildman–Crippen MR) is 341 cm³/mol. The Morgan fingerprint density at radius 1 is 0.415 bits per heavy atom. The first kappa shape index (κ1) is 69.0. The summed E-state index contributed by atoms with van der Waals surface area (Å²) in [4.78, 5) is 2.98. The fourth-order valence-electron chi connectivity index (χ4n) is 10.2. The van der Waals surface area contributed by atoms with E-state index in [4.69, 9.17) is 91.6 Å². The minimum atomic E-state index is -0.404. The van der Waals surface area contributed by atoms with Crippen LogP contribution in [-0.4, -0.2) is 106 Å². The van der Waals surface area contributed by atoms with Crippen LogP contribution in [0.15, 0.2) is 10.8 Å². The lowest BCUT2D eigenvalue weighted by Crippen LogP contribution is -2.43. The van der Waals surface area contributed by atoms with Crippen LogP contribution in [0.4, 0.5) is 0 Å². The summed E-state index contributed by atoms with van der Waals surface area (Å²) in [5.41, 5.74) is -0.731. The van der Waals surface area contributed by atoms with Crippen LogP contribution in [0.3, 0.4) is 0 Å². The van der Waals surface area contributed by atoms with E-state index in [1.165, 1.54) is 111 Å². The van der Waals surface area contributed by atoms with Crippen molar-refractivity contribution in [1.82, 2.24) is 0 Å². The van der Waals surface area contributed by atoms with Crippen molar-refractivity contribution in [3.8, 4) is 55.8 Å². The Kier molecular flexibility index (Phi) is 31.1. The Balaban J connectivity index is 0.000000230. The van der Waals surface area contributed by atoms with Crippen molar-refractivity contribution in [2.75, 3.05) is 106 Å². The van der Waals surface area contributed by atoms with Crippen LogP contribution in [0, 0.1) is 41.4 Å². The molecule has 0 spiro atoms. The van der Waals surface area contributed by atoms with Crippen LogP contribution < -0.4 is 37.9 Å². The van der Waals surface area contributed by atoms with Gasteiger partial charge in [-0.1, -0.05) is 167 Å². The Bertz CT molecular complexity index is 2360. The number of hydrogen-bond acceptors (Lipinski definition) is 16. The van der Waals surface area contributed by atoms with Crippen LogP contribution in [0.25, 0.3) is 9.75 Å². The summed E-state index contributed by atoms with van der Waals surface area (Å²) in [5.74, 6) is 8.15. The van der Waals surface area contributed by atoms with E-state index >= 15 is 0 Å². The van der Waals surface area contributed by atoms with Crippen LogP contribution >= 0.6 is 80.1 Å². The number of ether oxygens (including phenoxy) is 12. The molecule has 0 saturated heterocycles. The van der Waals surface area contributed by atoms with Gasteiger partial charge >= 0.3 is 0 Å². The molecule has 8 heterocycles. The molecule has 4 unspecified atom stereocenters. The Morgan fingerprint density at radius 2 is 0.756 bits per heavy atom. The van der Waals surface area contributed by atoms with Gasteiger partial charge in [-0.15, -0.1) is 45.3 Å². The number of hydrogen-bond donors (Lipinski definition) is 0. The van der Waals surface area contributed by atoms with Crippen LogP contribution in [0.2, 0.25) is 13.0 Å². The molecule has 0 fully saturated rings. The van der Waals surface area contributed by atoms with Gasteiger partial charge < -0.3 is 56.8 Å². The van der Waals surface area contributed by atoms with Gasteiger partial charge in [-0.25, -0.2) is 0 Å². The van der Waals surface area contributed by atoms with Gasteiger partial charge in [0.05, 0.1) is 47.0 Å². The second kappa shape index (κ2) is 36.9. The number of fused-ring (bicyclic) bond motifs is 4. The van der Waals surface area contributed by atoms with Gasteiger partial charge in [0.15, 0.2) is 46.0 Å². The molecular formula is C63H97Cl3O12S4. The fourth-order valence-corrected chi connectivity index (χ4v) is 14.5. The number of aryl methyl sites for hydroxylation is 1. The average Bonchev–Trinajstić information content (AvgIpc) is 4.19. The largest absolute Gasteiger partial charge is 0.488 e. The number of rotatable bonds is 33. The summed E-state index contributed by atoms with van der Waals surface area (Å²) < 4.78 is 75.1. The first-order valence-electron chi connectivity index (χ1n) is 30.7. The molecule has 4 aromatic rings. The summed E-state index contributed by atoms with van der Waals surface area (Å²) in [5, 5.41) is 3.78. The van der Waals surface area contributed by atoms with Gasteiger partial charge in [0, 0.05) is 42.1 Å². The number of thiophene rings is 4. The molecule has 0 saturated carbocycles. The van der Waals surface area contributed by atoms with Crippen molar-refractivity contribution in [2.24, 2.45) is 34.5 Å². The van der Waals surface area contributed by atoms with Gasteiger partial charge in [0.25, 0.3) is 0 Å². The van der Waals surface area contributed by atoms with E-state index in [-0.39, 0.29) is 5.41 Å². The maximum Gasteiger partial charge on any atom is 0.191 e. The quantitative estimate of drug-likeness (QED) is 0.0453. The van der Waals surface area contributed by atoms with Crippen LogP contribution in [0.5, 0.6) is 46.0 Å². The zero-order chi connectivity index (χ0) is 58.7. The van der Waals surface area contributed by atoms with E-state index in [2.05, 4.69) is 62.3 Å². The molecule has 19 heteroatoms. The lowest BCUT2D eigenvalue weighted by atomic mass is 9.91. The molecule has 0 N–H and O–H groups in total. The fraction of sp³-hybridized carbons (Fsp3) is 0.746. The number of unbranched alkanes of at least 4 members (excludes halogenated alkanes) is 4. The monoisotopic (exact) mass is 1280 g/mol. The molecule has 4 aromatic heterocycles. The second-order valence-corrected chi connectivity index (χ2v) is 28.5. The molecule has 0 aromatic carbocycles. The lowest BCUT2D eigenvalue weighted by molar-refractivity contribution is -0.0716. The standard InChI is InChI=1S/C32H49ClO6S2.C25H43ClO4S.C6H5ClO2S/c1-6-10-12-23(8-3)16-34-18-32(19-35-17-24(9-4)13-11-7-2)20-38-25-22(5)40-29(26(25)39-21-32)30-27-28(31(33)41-30)37-15-14-36-27;1-5-9-11-20(7-3)13-27-16-25(17-28-14-21(8-4)12-10-6-2)18-29-22-15-31-24(26)23(22)30-19-25;7-6-5-4(3-10-6)8-1-2-9-5/h23-24H,6-21H2,1-5H3;15,20-21H,5-14,16-19H2,1-4H3;3H,1-2H2. The topological polar surface area (TPSA) is 111 Å². The number of halogens is 3. The molecular weight excluding hydrogens is 1180 g/mol. The van der Waals surface area contributed by atoms with E-state index in [9.17, 15) is 0 Å². The third-order valence-electron chi connectivity index (χ3n) is 15.8. The Labute approximate surface area is 523 Å². The van der Waals surface area contributed by atoms with E-state index in [0.29, 0.717) is 139 Å². The summed E-state index contributed by atoms with van der Waals surface area (Å²) in [6.07, 6.45) is 19.3. The highest BCUT2D eigenvalue weighted by Gasteiger charge is 2.41. The minimum Gasteiger partial charge on any atom is -0.488 e. The molecule has 4 aliphatic rings. The van der Waals surface area contributed by atoms with Crippen LogP contribution in [-0.2, 0) is 18.9 Å². The summed E-state index contributed by atoms with van der Waals surface area (Å²) in [6.45, 7) is 29.6. The Morgan fingerprint density at radius 3 is 1.18 bits per heavy atom. The smallest absolute Gasteiger partial charge is 0.191 e. The molecule has 12 nitrogen and oxygen atoms in total. The average molecular weight is 1280 g/mol. The van der Waals surface area contributed by atoms with Gasteiger partial charge in [-0.2, -0.15) is 0 Å². The minimum absolute atomic E-state index is 0.327. The third-order valence-corrected chi connectivity index (χ3v) is 20.7. The van der Waals surface area contributed by atoms with Crippen molar-refractivity contribution in [3.63, 3.8) is 0 Å². The van der Waals surface area contributed by atoms with E-state index in [1.807, 2.05) is 10.8 Å². The molecule has 8 rings (SSSR count). The first-order chi connectivity index (χ1) is 39.9. The Hall–Kier alpha value is -2.09. The van der Waals surface area contributed by atoms with Crippen molar-refractivity contribution >= 4 is 80.1 Å². The van der Waals surface area contributed by atoms with Crippen molar-refractivity contribution < 1.29 is 56.8 Å². The maximum absolute atomic E-state index is 6.66. The predicted octanol–water partition coefficient (Wildman–Crippen LogP) is 19.2. The zero-order valence-corrected chi connectivity index (χ0v) is 56.3. The molecule has 466 valence electrons. The summed E-state index contributed by atoms with van der Waals surface area (Å²) in [6, 6.07) is 0. The zero-order valence-electron chi connectivity index (χ0n) is 50.8. The molecule has 4 atom stereocenters. The summed E-state index contributed by atoms with van der Waals surface area (Å²) in [7, 11) is 0. The molecule has 4 aliphatic heterocycles. The van der Waals surface area contributed by atoms with E-state index < -0.39 is 5.41 Å². The summed E-state index contributed by atoms with van der Waals surface area (Å²) >= 11 is 24.6. The normalized spacial score (nSPS) is 19.4. The third kappa shape index (κ3) is 20.5. The molecule has 0 radical (unpaired) electrons. The molecule has 0 bridgehead atoms. The van der Waals surface area contributed by atoms with E-state index in [0.717, 1.165) is 89.7 Å². The SMILES string of the molecule is CCCCC(CC)COCC1(COCC(CC)CCCC)COc2c(C)sc(-c3sc(Cl)c4c3OCCO4)c2OC1.CCCCC(CC)COCC1(COCC(CC)CCCC)COc2csc(Cl)c2OC1.Clc1scc2c1OCCO2.